The molecule has 2 aromatic carbocycles. The molecule has 2 aromatic rings. The predicted molar refractivity (Wildman–Crippen MR) is 98.8 cm³/mol. The van der Waals surface area contributed by atoms with Crippen molar-refractivity contribution in [3.05, 3.63) is 53.6 Å². The van der Waals surface area contributed by atoms with E-state index in [2.05, 4.69) is 4.72 Å². The van der Waals surface area contributed by atoms with E-state index < -0.39 is 16.1 Å². The Kier molecular flexibility index (Phi) is 6.08. The molecule has 1 atom stereocenters. The first kappa shape index (κ1) is 19.3. The van der Waals surface area contributed by atoms with Gasteiger partial charge in [0.05, 0.1) is 14.2 Å². The van der Waals surface area contributed by atoms with Crippen LogP contribution in [-0.4, -0.2) is 22.6 Å². The normalized spacial score (nSPS) is 12.9. The average molecular weight is 363 g/mol. The number of hydrogen-bond donors (Lipinski definition) is 1. The molecule has 0 fully saturated rings. The summed E-state index contributed by atoms with van der Waals surface area (Å²) in [6, 6.07) is 12.1. The Bertz CT molecular complexity index is 831. The summed E-state index contributed by atoms with van der Waals surface area (Å²) in [6.07, 6.45) is 0. The van der Waals surface area contributed by atoms with E-state index in [1.54, 1.807) is 32.2 Å². The van der Waals surface area contributed by atoms with Crippen LogP contribution in [-0.2, 0) is 10.0 Å². The summed E-state index contributed by atoms with van der Waals surface area (Å²) < 4.78 is 39.2. The van der Waals surface area contributed by atoms with Gasteiger partial charge in [-0.1, -0.05) is 38.1 Å². The van der Waals surface area contributed by atoms with Crippen molar-refractivity contribution in [3.63, 3.8) is 0 Å². The van der Waals surface area contributed by atoms with Crippen LogP contribution in [0.25, 0.3) is 0 Å². The lowest BCUT2D eigenvalue weighted by Gasteiger charge is -2.19. The van der Waals surface area contributed by atoms with Gasteiger partial charge < -0.3 is 9.47 Å². The van der Waals surface area contributed by atoms with Crippen molar-refractivity contribution in [3.8, 4) is 11.5 Å². The SMILES string of the molecule is COc1ccccc1C(C)NS(=O)(=O)c1cc(C(C)C)ccc1OC. The third-order valence-electron chi connectivity index (χ3n) is 4.08. The summed E-state index contributed by atoms with van der Waals surface area (Å²) in [7, 11) is -0.732. The zero-order valence-electron chi connectivity index (χ0n) is 15.2. The van der Waals surface area contributed by atoms with E-state index in [9.17, 15) is 8.42 Å². The Hall–Kier alpha value is -2.05. The smallest absolute Gasteiger partial charge is 0.244 e. The highest BCUT2D eigenvalue weighted by Crippen LogP contribution is 2.30. The number of sulfonamides is 1. The summed E-state index contributed by atoms with van der Waals surface area (Å²) in [5, 5.41) is 0. The van der Waals surface area contributed by atoms with Crippen LogP contribution < -0.4 is 14.2 Å². The zero-order chi connectivity index (χ0) is 18.6. The van der Waals surface area contributed by atoms with Crippen LogP contribution in [0.2, 0.25) is 0 Å². The lowest BCUT2D eigenvalue weighted by atomic mass is 10.0. The van der Waals surface area contributed by atoms with Crippen molar-refractivity contribution in [2.24, 2.45) is 0 Å². The van der Waals surface area contributed by atoms with Gasteiger partial charge in [-0.2, -0.15) is 0 Å². The molecule has 1 N–H and O–H groups in total. The number of methoxy groups -OCH3 is 2. The minimum Gasteiger partial charge on any atom is -0.496 e. The fourth-order valence-electron chi connectivity index (χ4n) is 2.65. The maximum absolute atomic E-state index is 12.9. The molecule has 0 bridgehead atoms. The second-order valence-electron chi connectivity index (χ2n) is 6.15. The third-order valence-corrected chi connectivity index (χ3v) is 5.64. The first-order valence-electron chi connectivity index (χ1n) is 8.13. The molecule has 6 heteroatoms. The van der Waals surface area contributed by atoms with Crippen LogP contribution in [0.15, 0.2) is 47.4 Å². The van der Waals surface area contributed by atoms with Crippen LogP contribution in [0.3, 0.4) is 0 Å². The van der Waals surface area contributed by atoms with Gasteiger partial charge in [0, 0.05) is 11.6 Å². The molecule has 0 saturated carbocycles. The third kappa shape index (κ3) is 4.32. The molecule has 1 unspecified atom stereocenters. The Labute approximate surface area is 150 Å². The van der Waals surface area contributed by atoms with Crippen molar-refractivity contribution in [1.82, 2.24) is 4.72 Å². The Morgan fingerprint density at radius 1 is 0.920 bits per heavy atom. The molecule has 25 heavy (non-hydrogen) atoms. The fourth-order valence-corrected chi connectivity index (χ4v) is 4.07. The molecule has 0 aromatic heterocycles. The van der Waals surface area contributed by atoms with Crippen LogP contribution in [0.5, 0.6) is 11.5 Å². The van der Waals surface area contributed by atoms with Crippen molar-refractivity contribution in [2.45, 2.75) is 37.6 Å². The van der Waals surface area contributed by atoms with Crippen LogP contribution in [0.1, 0.15) is 43.9 Å². The standard InChI is InChI=1S/C19H25NO4S/c1-13(2)15-10-11-18(24-5)19(12-15)25(21,22)20-14(3)16-8-6-7-9-17(16)23-4/h6-14,20H,1-5H3. The van der Waals surface area contributed by atoms with Crippen LogP contribution in [0, 0.1) is 0 Å². The van der Waals surface area contributed by atoms with Crippen molar-refractivity contribution >= 4 is 10.0 Å². The van der Waals surface area contributed by atoms with E-state index in [4.69, 9.17) is 9.47 Å². The number of nitrogens with one attached hydrogen (secondary N) is 1. The van der Waals surface area contributed by atoms with E-state index in [0.717, 1.165) is 11.1 Å². The van der Waals surface area contributed by atoms with Crippen LogP contribution in [0.4, 0.5) is 0 Å². The molecule has 0 aliphatic carbocycles. The van der Waals surface area contributed by atoms with E-state index in [0.29, 0.717) is 11.5 Å². The molecule has 0 aliphatic heterocycles. The Morgan fingerprint density at radius 2 is 1.56 bits per heavy atom. The summed E-state index contributed by atoms with van der Waals surface area (Å²) in [5.41, 5.74) is 1.71. The molecule has 0 saturated heterocycles. The largest absolute Gasteiger partial charge is 0.496 e. The molecule has 0 heterocycles. The quantitative estimate of drug-likeness (QED) is 0.811. The molecular weight excluding hydrogens is 338 g/mol. The lowest BCUT2D eigenvalue weighted by molar-refractivity contribution is 0.400. The maximum atomic E-state index is 12.9. The lowest BCUT2D eigenvalue weighted by Crippen LogP contribution is -2.27. The molecule has 0 spiro atoms. The van der Waals surface area contributed by atoms with E-state index in [1.165, 1.54) is 7.11 Å². The van der Waals surface area contributed by atoms with E-state index >= 15 is 0 Å². The molecule has 0 amide bonds. The minimum atomic E-state index is -3.76. The number of rotatable bonds is 7. The Morgan fingerprint density at radius 3 is 2.16 bits per heavy atom. The van der Waals surface area contributed by atoms with Gasteiger partial charge >= 0.3 is 0 Å². The second-order valence-corrected chi connectivity index (χ2v) is 7.83. The first-order chi connectivity index (χ1) is 11.8. The van der Waals surface area contributed by atoms with Gasteiger partial charge in [0.1, 0.15) is 16.4 Å². The maximum Gasteiger partial charge on any atom is 0.244 e. The number of ether oxygens (including phenoxy) is 2. The summed E-state index contributed by atoms with van der Waals surface area (Å²) in [6.45, 7) is 5.82. The van der Waals surface area contributed by atoms with Gasteiger partial charge in [0.2, 0.25) is 10.0 Å². The molecule has 5 nitrogen and oxygen atoms in total. The van der Waals surface area contributed by atoms with Gasteiger partial charge in [0.25, 0.3) is 0 Å². The fraction of sp³-hybridized carbons (Fsp3) is 0.368. The highest BCUT2D eigenvalue weighted by molar-refractivity contribution is 7.89. The van der Waals surface area contributed by atoms with Crippen molar-refractivity contribution < 1.29 is 17.9 Å². The van der Waals surface area contributed by atoms with Gasteiger partial charge in [-0.15, -0.1) is 0 Å². The van der Waals surface area contributed by atoms with E-state index in [1.807, 2.05) is 38.1 Å². The molecule has 0 radical (unpaired) electrons. The topological polar surface area (TPSA) is 64.6 Å². The van der Waals surface area contributed by atoms with Crippen molar-refractivity contribution in [2.75, 3.05) is 14.2 Å². The summed E-state index contributed by atoms with van der Waals surface area (Å²) >= 11 is 0. The van der Waals surface area contributed by atoms with Gasteiger partial charge in [0.15, 0.2) is 0 Å². The average Bonchev–Trinajstić information content (AvgIpc) is 2.60. The highest BCUT2D eigenvalue weighted by atomic mass is 32.2. The second kappa shape index (κ2) is 7.89. The zero-order valence-corrected chi connectivity index (χ0v) is 16.1. The monoisotopic (exact) mass is 363 g/mol. The molecular formula is C19H25NO4S. The van der Waals surface area contributed by atoms with Gasteiger partial charge in [-0.3, -0.25) is 0 Å². The number of para-hydroxylation sites is 1. The van der Waals surface area contributed by atoms with Gasteiger partial charge in [-0.05, 0) is 36.6 Å². The molecule has 2 rings (SSSR count). The van der Waals surface area contributed by atoms with E-state index in [-0.39, 0.29) is 10.8 Å². The van der Waals surface area contributed by atoms with Gasteiger partial charge in [-0.25, -0.2) is 13.1 Å². The highest BCUT2D eigenvalue weighted by Gasteiger charge is 2.24. The molecule has 136 valence electrons. The minimum absolute atomic E-state index is 0.142. The first-order valence-corrected chi connectivity index (χ1v) is 9.61. The number of benzene rings is 2. The van der Waals surface area contributed by atoms with Crippen molar-refractivity contribution in [1.29, 1.82) is 0 Å². The van der Waals surface area contributed by atoms with Crippen LogP contribution >= 0.6 is 0 Å². The summed E-state index contributed by atoms with van der Waals surface area (Å²) in [5.74, 6) is 1.18. The summed E-state index contributed by atoms with van der Waals surface area (Å²) in [4.78, 5) is 0.142. The predicted octanol–water partition coefficient (Wildman–Crippen LogP) is 3.87. The Balaban J connectivity index is 2.40. The molecule has 0 aliphatic rings. The number of hydrogen-bond acceptors (Lipinski definition) is 4.